The molecule has 0 unspecified atom stereocenters. The van der Waals surface area contributed by atoms with Crippen molar-refractivity contribution in [3.05, 3.63) is 217 Å². The molecule has 9 aromatic carbocycles. The van der Waals surface area contributed by atoms with Gasteiger partial charge in [-0.05, 0) is 133 Å². The van der Waals surface area contributed by atoms with E-state index in [1.165, 1.54) is 105 Å². The highest BCUT2D eigenvalue weighted by molar-refractivity contribution is 6.16. The number of para-hydroxylation sites is 1. The van der Waals surface area contributed by atoms with Crippen LogP contribution in [0.15, 0.2) is 206 Å². The van der Waals surface area contributed by atoms with Crippen LogP contribution in [0, 0.1) is 0 Å². The van der Waals surface area contributed by atoms with Crippen LogP contribution in [0.4, 0.5) is 0 Å². The molecule has 0 saturated heterocycles. The molecule has 310 valence electrons. The Kier molecular flexibility index (Phi) is 9.33. The second-order valence-electron chi connectivity index (χ2n) is 19.4. The first kappa shape index (κ1) is 39.4. The van der Waals surface area contributed by atoms with Gasteiger partial charge in [0.25, 0.3) is 0 Å². The molecule has 2 heteroatoms. The minimum absolute atomic E-state index is 0.0277. The Labute approximate surface area is 376 Å². The zero-order chi connectivity index (χ0) is 43.7. The Morgan fingerprint density at radius 3 is 1.34 bits per heavy atom. The highest BCUT2D eigenvalue weighted by Crippen LogP contribution is 2.46. The van der Waals surface area contributed by atoms with Crippen LogP contribution in [0.3, 0.4) is 0 Å². The highest BCUT2D eigenvalue weighted by atomic mass is 15.0. The number of hydrogen-bond donors (Lipinski definition) is 0. The Morgan fingerprint density at radius 1 is 0.312 bits per heavy atom. The van der Waals surface area contributed by atoms with Crippen molar-refractivity contribution in [1.82, 2.24) is 9.13 Å². The third kappa shape index (κ3) is 6.64. The molecule has 2 heterocycles. The maximum absolute atomic E-state index is 2.52. The molecule has 11 rings (SSSR count). The summed E-state index contributed by atoms with van der Waals surface area (Å²) in [5.74, 6) is 0. The van der Waals surface area contributed by atoms with Crippen LogP contribution in [0.1, 0.15) is 52.7 Å². The van der Waals surface area contributed by atoms with Crippen molar-refractivity contribution >= 4 is 43.6 Å². The topological polar surface area (TPSA) is 9.86 Å². The monoisotopic (exact) mass is 824 g/mol. The molecule has 0 aliphatic rings. The Hall–Kier alpha value is -7.42. The van der Waals surface area contributed by atoms with Crippen LogP contribution in [0.25, 0.3) is 99.5 Å². The second kappa shape index (κ2) is 15.1. The fourth-order valence-electron chi connectivity index (χ4n) is 9.92. The summed E-state index contributed by atoms with van der Waals surface area (Å²) in [5.41, 5.74) is 19.4. The Bertz CT molecular complexity index is 3400. The summed E-state index contributed by atoms with van der Waals surface area (Å²) in [6, 6.07) is 76.5. The van der Waals surface area contributed by atoms with E-state index in [-0.39, 0.29) is 10.8 Å². The lowest BCUT2D eigenvalue weighted by molar-refractivity contribution is 0.590. The molecule has 2 aromatic heterocycles. The van der Waals surface area contributed by atoms with Gasteiger partial charge in [-0.2, -0.15) is 0 Å². The first-order chi connectivity index (χ1) is 31.0. The number of fused-ring (bicyclic) bond motifs is 6. The van der Waals surface area contributed by atoms with E-state index in [0.29, 0.717) is 0 Å². The van der Waals surface area contributed by atoms with Gasteiger partial charge in [-0.1, -0.05) is 181 Å². The van der Waals surface area contributed by atoms with Crippen molar-refractivity contribution in [1.29, 1.82) is 0 Å². The molecule has 0 N–H and O–H groups in total. The summed E-state index contributed by atoms with van der Waals surface area (Å²) in [6.45, 7) is 13.9. The fraction of sp³-hybridized carbons (Fsp3) is 0.129. The third-order valence-corrected chi connectivity index (χ3v) is 13.2. The lowest BCUT2D eigenvalue weighted by Gasteiger charge is -2.20. The van der Waals surface area contributed by atoms with Gasteiger partial charge in [0.15, 0.2) is 0 Å². The molecular weight excluding hydrogens is 773 g/mol. The van der Waals surface area contributed by atoms with Crippen LogP contribution in [0.2, 0.25) is 0 Å². The number of aromatic nitrogens is 2. The molecule has 0 radical (unpaired) electrons. The van der Waals surface area contributed by atoms with E-state index in [4.69, 9.17) is 0 Å². The smallest absolute Gasteiger partial charge is 0.0562 e. The van der Waals surface area contributed by atoms with Crippen LogP contribution >= 0.6 is 0 Å². The van der Waals surface area contributed by atoms with Crippen molar-refractivity contribution in [2.24, 2.45) is 0 Å². The van der Waals surface area contributed by atoms with Gasteiger partial charge in [-0.25, -0.2) is 0 Å². The summed E-state index contributed by atoms with van der Waals surface area (Å²) in [5, 5.41) is 5.06. The zero-order valence-corrected chi connectivity index (χ0v) is 37.5. The molecule has 0 aliphatic carbocycles. The molecule has 0 bridgehead atoms. The van der Waals surface area contributed by atoms with Crippen LogP contribution < -0.4 is 0 Å². The predicted octanol–water partition coefficient (Wildman–Crippen LogP) is 17.1. The van der Waals surface area contributed by atoms with Gasteiger partial charge >= 0.3 is 0 Å². The summed E-state index contributed by atoms with van der Waals surface area (Å²) in [4.78, 5) is 0. The van der Waals surface area contributed by atoms with Crippen molar-refractivity contribution in [2.75, 3.05) is 0 Å². The number of hydrogen-bond acceptors (Lipinski definition) is 0. The zero-order valence-electron chi connectivity index (χ0n) is 37.5. The van der Waals surface area contributed by atoms with Crippen molar-refractivity contribution in [3.8, 4) is 55.9 Å². The van der Waals surface area contributed by atoms with Gasteiger partial charge in [0.1, 0.15) is 0 Å². The quantitative estimate of drug-likeness (QED) is 0.158. The van der Waals surface area contributed by atoms with Gasteiger partial charge in [0, 0.05) is 27.2 Å². The first-order valence-corrected chi connectivity index (χ1v) is 22.6. The molecule has 11 aromatic rings. The van der Waals surface area contributed by atoms with Crippen LogP contribution in [0.5, 0.6) is 0 Å². The van der Waals surface area contributed by atoms with E-state index in [0.717, 1.165) is 5.69 Å². The van der Waals surface area contributed by atoms with Crippen molar-refractivity contribution in [3.63, 3.8) is 0 Å². The number of benzene rings is 9. The van der Waals surface area contributed by atoms with E-state index < -0.39 is 0 Å². The normalized spacial score (nSPS) is 12.2. The summed E-state index contributed by atoms with van der Waals surface area (Å²) < 4.78 is 5.00. The van der Waals surface area contributed by atoms with Crippen molar-refractivity contribution in [2.45, 2.75) is 52.4 Å². The van der Waals surface area contributed by atoms with Gasteiger partial charge in [0.05, 0.1) is 27.8 Å². The Balaban J connectivity index is 1.17. The van der Waals surface area contributed by atoms with Gasteiger partial charge in [-0.3, -0.25) is 0 Å². The molecule has 0 fully saturated rings. The Morgan fingerprint density at radius 2 is 0.781 bits per heavy atom. The lowest BCUT2D eigenvalue weighted by Crippen LogP contribution is -2.10. The molecule has 0 atom stereocenters. The predicted molar refractivity (Wildman–Crippen MR) is 274 cm³/mol. The summed E-state index contributed by atoms with van der Waals surface area (Å²) in [7, 11) is 0. The fourth-order valence-corrected chi connectivity index (χ4v) is 9.92. The standard InChI is InChI=1S/C62H52N2/c1-61(2,3)46-32-34-55-52(39-46)53-40-47(62(4,5)6)33-35-56(53)64(55)58-31-19-30-57-60(58)49-28-16-17-29-54(49)63(57)48-27-18-26-44(36-48)59-50(42-22-12-8-13-23-42)37-45(41-20-10-7-11-21-41)38-51(59)43-24-14-9-15-25-43/h7-40H,1-6H3. The largest absolute Gasteiger partial charge is 0.309 e. The summed E-state index contributed by atoms with van der Waals surface area (Å²) in [6.07, 6.45) is 0. The molecule has 64 heavy (non-hydrogen) atoms. The van der Waals surface area contributed by atoms with Crippen molar-refractivity contribution < 1.29 is 0 Å². The molecule has 0 amide bonds. The third-order valence-electron chi connectivity index (χ3n) is 13.2. The SMILES string of the molecule is CC(C)(C)c1ccc2c(c1)c1cc(C(C)(C)C)ccc1n2-c1cccc2c1c1ccccc1n2-c1cccc(-c2c(-c3ccccc3)cc(-c3ccccc3)cc2-c2ccccc2)c1. The minimum Gasteiger partial charge on any atom is -0.309 e. The van der Waals surface area contributed by atoms with E-state index in [1.807, 2.05) is 0 Å². The van der Waals surface area contributed by atoms with Crippen LogP contribution in [-0.2, 0) is 10.8 Å². The number of rotatable bonds is 6. The molecule has 0 saturated carbocycles. The van der Waals surface area contributed by atoms with E-state index in [2.05, 4.69) is 257 Å². The van der Waals surface area contributed by atoms with Gasteiger partial charge < -0.3 is 9.13 Å². The highest BCUT2D eigenvalue weighted by Gasteiger charge is 2.24. The number of nitrogens with zero attached hydrogens (tertiary/aromatic N) is 2. The van der Waals surface area contributed by atoms with E-state index in [1.54, 1.807) is 0 Å². The first-order valence-electron chi connectivity index (χ1n) is 22.6. The lowest BCUT2D eigenvalue weighted by atomic mass is 9.84. The van der Waals surface area contributed by atoms with Gasteiger partial charge in [-0.15, -0.1) is 0 Å². The van der Waals surface area contributed by atoms with E-state index in [9.17, 15) is 0 Å². The van der Waals surface area contributed by atoms with Crippen LogP contribution in [-0.4, -0.2) is 9.13 Å². The molecule has 0 spiro atoms. The molecular formula is C62H52N2. The minimum atomic E-state index is 0.0277. The summed E-state index contributed by atoms with van der Waals surface area (Å²) >= 11 is 0. The second-order valence-corrected chi connectivity index (χ2v) is 19.4. The molecule has 2 nitrogen and oxygen atoms in total. The maximum Gasteiger partial charge on any atom is 0.0562 e. The molecule has 0 aliphatic heterocycles. The average Bonchev–Trinajstić information content (AvgIpc) is 3.84. The maximum atomic E-state index is 2.52. The average molecular weight is 825 g/mol. The van der Waals surface area contributed by atoms with E-state index >= 15 is 0 Å². The van der Waals surface area contributed by atoms with Gasteiger partial charge in [0.2, 0.25) is 0 Å².